The molecule has 4 rings (SSSR count). The van der Waals surface area contributed by atoms with Gasteiger partial charge in [-0.1, -0.05) is 66.2 Å². The van der Waals surface area contributed by atoms with E-state index >= 15 is 0 Å². The second-order valence-corrected chi connectivity index (χ2v) is 5.61. The van der Waals surface area contributed by atoms with Gasteiger partial charge in [0.15, 0.2) is 11.6 Å². The number of fused-ring (bicyclic) bond motifs is 1. The summed E-state index contributed by atoms with van der Waals surface area (Å²) in [6.45, 7) is 0. The van der Waals surface area contributed by atoms with Gasteiger partial charge in [-0.2, -0.15) is 0 Å². The van der Waals surface area contributed by atoms with E-state index in [9.17, 15) is 0 Å². The van der Waals surface area contributed by atoms with Gasteiger partial charge in [-0.25, -0.2) is 15.0 Å². The summed E-state index contributed by atoms with van der Waals surface area (Å²) >= 11 is 6.15. The number of halogens is 1. The molecule has 0 saturated heterocycles. The van der Waals surface area contributed by atoms with Crippen LogP contribution in [0.4, 0.5) is 0 Å². The molecular weight excluding hydrogens is 306 g/mol. The van der Waals surface area contributed by atoms with Crippen molar-refractivity contribution in [2.45, 2.75) is 0 Å². The molecule has 0 aliphatic heterocycles. The van der Waals surface area contributed by atoms with Crippen molar-refractivity contribution in [2.75, 3.05) is 0 Å². The first kappa shape index (κ1) is 13.9. The third kappa shape index (κ3) is 2.67. The van der Waals surface area contributed by atoms with E-state index in [0.29, 0.717) is 16.7 Å². The molecule has 0 bridgehead atoms. The Labute approximate surface area is 138 Å². The zero-order valence-electron chi connectivity index (χ0n) is 12.1. The summed E-state index contributed by atoms with van der Waals surface area (Å²) in [4.78, 5) is 13.3. The van der Waals surface area contributed by atoms with E-state index < -0.39 is 0 Å². The predicted octanol–water partition coefficient (Wildman–Crippen LogP) is 5.01. The van der Waals surface area contributed by atoms with Gasteiger partial charge in [0.05, 0.1) is 0 Å². The fourth-order valence-electron chi connectivity index (χ4n) is 2.59. The van der Waals surface area contributed by atoms with Crippen LogP contribution in [0.2, 0.25) is 5.02 Å². The minimum Gasteiger partial charge on any atom is -0.217 e. The summed E-state index contributed by atoms with van der Waals surface area (Å²) in [6, 6.07) is 21.8. The molecule has 0 atom stereocenters. The monoisotopic (exact) mass is 317 g/mol. The molecule has 4 aromatic rings. The van der Waals surface area contributed by atoms with Crippen LogP contribution in [-0.2, 0) is 0 Å². The zero-order chi connectivity index (χ0) is 15.6. The number of benzene rings is 3. The molecule has 0 spiro atoms. The van der Waals surface area contributed by atoms with Gasteiger partial charge in [-0.3, -0.25) is 0 Å². The topological polar surface area (TPSA) is 38.7 Å². The van der Waals surface area contributed by atoms with Crippen LogP contribution in [0, 0.1) is 0 Å². The normalized spacial score (nSPS) is 10.8. The maximum Gasteiger partial charge on any atom is 0.163 e. The van der Waals surface area contributed by atoms with E-state index in [4.69, 9.17) is 11.6 Å². The quantitative estimate of drug-likeness (QED) is 0.521. The summed E-state index contributed by atoms with van der Waals surface area (Å²) in [5.74, 6) is 1.31. The average molecular weight is 318 g/mol. The van der Waals surface area contributed by atoms with Crippen LogP contribution in [0.15, 0.2) is 73.1 Å². The minimum absolute atomic E-state index is 0.645. The lowest BCUT2D eigenvalue weighted by Crippen LogP contribution is -1.95. The average Bonchev–Trinajstić information content (AvgIpc) is 2.62. The Hall–Kier alpha value is -2.78. The Bertz CT molecular complexity index is 984. The first-order valence-electron chi connectivity index (χ1n) is 7.24. The van der Waals surface area contributed by atoms with Gasteiger partial charge in [0.25, 0.3) is 0 Å². The Balaban J connectivity index is 1.90. The van der Waals surface area contributed by atoms with Crippen LogP contribution in [-0.4, -0.2) is 15.0 Å². The Kier molecular flexibility index (Phi) is 3.48. The lowest BCUT2D eigenvalue weighted by Gasteiger charge is -2.07. The molecular formula is C19H12ClN3. The summed E-state index contributed by atoms with van der Waals surface area (Å²) in [6.07, 6.45) is 1.55. The Morgan fingerprint density at radius 3 is 2.43 bits per heavy atom. The summed E-state index contributed by atoms with van der Waals surface area (Å²) < 4.78 is 0. The number of rotatable bonds is 2. The number of aromatic nitrogens is 3. The molecule has 110 valence electrons. The maximum atomic E-state index is 6.15. The molecule has 23 heavy (non-hydrogen) atoms. The molecule has 4 heteroatoms. The van der Waals surface area contributed by atoms with E-state index in [0.717, 1.165) is 21.9 Å². The van der Waals surface area contributed by atoms with Crippen LogP contribution >= 0.6 is 11.6 Å². The predicted molar refractivity (Wildman–Crippen MR) is 93.2 cm³/mol. The van der Waals surface area contributed by atoms with Crippen molar-refractivity contribution in [1.82, 2.24) is 15.0 Å². The zero-order valence-corrected chi connectivity index (χ0v) is 12.9. The highest BCUT2D eigenvalue weighted by Crippen LogP contribution is 2.29. The maximum absolute atomic E-state index is 6.15. The van der Waals surface area contributed by atoms with Crippen molar-refractivity contribution in [3.05, 3.63) is 78.1 Å². The highest BCUT2D eigenvalue weighted by Gasteiger charge is 2.09. The van der Waals surface area contributed by atoms with E-state index in [1.807, 2.05) is 60.7 Å². The molecule has 0 N–H and O–H groups in total. The molecule has 0 saturated carbocycles. The van der Waals surface area contributed by atoms with Crippen molar-refractivity contribution in [2.24, 2.45) is 0 Å². The lowest BCUT2D eigenvalue weighted by atomic mass is 10.0. The van der Waals surface area contributed by atoms with Gasteiger partial charge in [0, 0.05) is 16.1 Å². The van der Waals surface area contributed by atoms with E-state index in [1.165, 1.54) is 0 Å². The van der Waals surface area contributed by atoms with Crippen LogP contribution < -0.4 is 0 Å². The van der Waals surface area contributed by atoms with Crippen molar-refractivity contribution in [3.8, 4) is 22.8 Å². The molecule has 0 aliphatic carbocycles. The second kappa shape index (κ2) is 5.78. The molecule has 0 radical (unpaired) electrons. The third-order valence-electron chi connectivity index (χ3n) is 3.69. The molecule has 1 aromatic heterocycles. The fourth-order valence-corrected chi connectivity index (χ4v) is 2.76. The van der Waals surface area contributed by atoms with Crippen LogP contribution in [0.25, 0.3) is 33.5 Å². The number of hydrogen-bond acceptors (Lipinski definition) is 3. The summed E-state index contributed by atoms with van der Waals surface area (Å²) in [5.41, 5.74) is 1.92. The highest BCUT2D eigenvalue weighted by molar-refractivity contribution is 6.31. The van der Waals surface area contributed by atoms with E-state index in [2.05, 4.69) is 21.0 Å². The van der Waals surface area contributed by atoms with Gasteiger partial charge in [0.2, 0.25) is 0 Å². The standard InChI is InChI=1S/C19H12ClN3/c20-15-10-9-13-7-4-8-16(17(13)11-15)19-22-12-21-18(23-19)14-5-2-1-3-6-14/h1-12H. The summed E-state index contributed by atoms with van der Waals surface area (Å²) in [7, 11) is 0. The van der Waals surface area contributed by atoms with Crippen molar-refractivity contribution < 1.29 is 0 Å². The highest BCUT2D eigenvalue weighted by atomic mass is 35.5. The lowest BCUT2D eigenvalue weighted by molar-refractivity contribution is 1.07. The van der Waals surface area contributed by atoms with Crippen LogP contribution in [0.5, 0.6) is 0 Å². The van der Waals surface area contributed by atoms with Crippen molar-refractivity contribution >= 4 is 22.4 Å². The fraction of sp³-hybridized carbons (Fsp3) is 0. The van der Waals surface area contributed by atoms with Crippen molar-refractivity contribution in [1.29, 1.82) is 0 Å². The largest absolute Gasteiger partial charge is 0.217 e. The Morgan fingerprint density at radius 1 is 0.739 bits per heavy atom. The minimum atomic E-state index is 0.645. The van der Waals surface area contributed by atoms with Crippen LogP contribution in [0.1, 0.15) is 0 Å². The molecule has 0 unspecified atom stereocenters. The van der Waals surface area contributed by atoms with Crippen molar-refractivity contribution in [3.63, 3.8) is 0 Å². The van der Waals surface area contributed by atoms with Gasteiger partial charge in [0.1, 0.15) is 6.33 Å². The first-order chi connectivity index (χ1) is 11.3. The third-order valence-corrected chi connectivity index (χ3v) is 3.92. The van der Waals surface area contributed by atoms with Gasteiger partial charge in [-0.15, -0.1) is 0 Å². The van der Waals surface area contributed by atoms with Gasteiger partial charge < -0.3 is 0 Å². The van der Waals surface area contributed by atoms with Gasteiger partial charge >= 0.3 is 0 Å². The summed E-state index contributed by atoms with van der Waals surface area (Å²) in [5, 5.41) is 2.83. The molecule has 0 aliphatic rings. The second-order valence-electron chi connectivity index (χ2n) is 5.17. The smallest absolute Gasteiger partial charge is 0.163 e. The molecule has 3 nitrogen and oxygen atoms in total. The van der Waals surface area contributed by atoms with E-state index in [1.54, 1.807) is 6.33 Å². The number of hydrogen-bond donors (Lipinski definition) is 0. The molecule has 3 aromatic carbocycles. The first-order valence-corrected chi connectivity index (χ1v) is 7.62. The SMILES string of the molecule is Clc1ccc2cccc(-c3ncnc(-c4ccccc4)n3)c2c1. The molecule has 1 heterocycles. The molecule has 0 amide bonds. The Morgan fingerprint density at radius 2 is 1.57 bits per heavy atom. The van der Waals surface area contributed by atoms with E-state index in [-0.39, 0.29) is 0 Å². The van der Waals surface area contributed by atoms with Crippen LogP contribution in [0.3, 0.4) is 0 Å². The molecule has 0 fully saturated rings. The van der Waals surface area contributed by atoms with Gasteiger partial charge in [-0.05, 0) is 22.9 Å². The number of nitrogens with zero attached hydrogens (tertiary/aromatic N) is 3.